The molecule has 0 unspecified atom stereocenters. The molecule has 3 aromatic heterocycles. The van der Waals surface area contributed by atoms with Crippen molar-refractivity contribution in [3.8, 4) is 0 Å². The van der Waals surface area contributed by atoms with Crippen LogP contribution in [0.25, 0.3) is 0 Å². The van der Waals surface area contributed by atoms with Gasteiger partial charge in [0.1, 0.15) is 0 Å². The highest BCUT2D eigenvalue weighted by Crippen LogP contribution is 2.30. The number of H-pyrrole nitrogens is 2. The molecule has 0 fully saturated rings. The van der Waals surface area contributed by atoms with E-state index in [0.29, 0.717) is 0 Å². The van der Waals surface area contributed by atoms with E-state index < -0.39 is 0 Å². The molecule has 0 saturated carbocycles. The van der Waals surface area contributed by atoms with Gasteiger partial charge in [0, 0.05) is 35.2 Å². The van der Waals surface area contributed by atoms with E-state index in [-0.39, 0.29) is 5.92 Å². The summed E-state index contributed by atoms with van der Waals surface area (Å²) in [6, 6.07) is 12.6. The molecule has 0 saturated heterocycles. The van der Waals surface area contributed by atoms with Gasteiger partial charge in [0.2, 0.25) is 0 Å². The summed E-state index contributed by atoms with van der Waals surface area (Å²) in [6.07, 6.45) is 3.93. The Kier molecular flexibility index (Phi) is 2.95. The van der Waals surface area contributed by atoms with Crippen LogP contribution < -0.4 is 0 Å². The third-order valence-corrected chi connectivity index (χ3v) is 3.30. The predicted molar refractivity (Wildman–Crippen MR) is 76.2 cm³/mol. The minimum absolute atomic E-state index is 0.199. The monoisotopic (exact) mass is 251 g/mol. The van der Waals surface area contributed by atoms with Crippen LogP contribution in [0.1, 0.15) is 34.3 Å². The molecule has 0 radical (unpaired) electrons. The number of hydrogen-bond acceptors (Lipinski definition) is 1. The molecule has 3 heteroatoms. The Balaban J connectivity index is 2.14. The average molecular weight is 251 g/mol. The van der Waals surface area contributed by atoms with E-state index in [2.05, 4.69) is 39.2 Å². The number of aryl methyl sites for hydroxylation is 2. The van der Waals surface area contributed by atoms with Gasteiger partial charge in [0.25, 0.3) is 0 Å². The van der Waals surface area contributed by atoms with Gasteiger partial charge in [-0.3, -0.25) is 4.98 Å². The maximum atomic E-state index is 4.46. The lowest BCUT2D eigenvalue weighted by Crippen LogP contribution is -2.05. The van der Waals surface area contributed by atoms with E-state index >= 15 is 0 Å². The highest BCUT2D eigenvalue weighted by atomic mass is 14.7. The molecule has 2 N–H and O–H groups in total. The molecular weight excluding hydrogens is 234 g/mol. The van der Waals surface area contributed by atoms with Crippen molar-refractivity contribution in [3.05, 3.63) is 77.1 Å². The third-order valence-electron chi connectivity index (χ3n) is 3.30. The van der Waals surface area contributed by atoms with Crippen LogP contribution in [0.3, 0.4) is 0 Å². The first-order valence-electron chi connectivity index (χ1n) is 6.46. The zero-order valence-electron chi connectivity index (χ0n) is 11.1. The summed E-state index contributed by atoms with van der Waals surface area (Å²) < 4.78 is 0. The lowest BCUT2D eigenvalue weighted by Gasteiger charge is -2.16. The third kappa shape index (κ3) is 2.32. The summed E-state index contributed by atoms with van der Waals surface area (Å²) in [7, 11) is 0. The number of aromatic amines is 2. The van der Waals surface area contributed by atoms with Gasteiger partial charge in [-0.25, -0.2) is 0 Å². The quantitative estimate of drug-likeness (QED) is 0.734. The Hall–Kier alpha value is -2.29. The summed E-state index contributed by atoms with van der Waals surface area (Å²) in [4.78, 5) is 11.1. The largest absolute Gasteiger partial charge is 0.364 e. The van der Waals surface area contributed by atoms with E-state index in [9.17, 15) is 0 Å². The second-order valence-electron chi connectivity index (χ2n) is 4.87. The van der Waals surface area contributed by atoms with Gasteiger partial charge in [0.15, 0.2) is 0 Å². The predicted octanol–water partition coefficient (Wildman–Crippen LogP) is 3.53. The number of nitrogens with one attached hydrogen (secondary N) is 2. The van der Waals surface area contributed by atoms with Crippen molar-refractivity contribution in [2.24, 2.45) is 0 Å². The van der Waals surface area contributed by atoms with Crippen molar-refractivity contribution >= 4 is 0 Å². The van der Waals surface area contributed by atoms with Crippen molar-refractivity contribution in [2.45, 2.75) is 19.8 Å². The van der Waals surface area contributed by atoms with Crippen LogP contribution in [0.5, 0.6) is 0 Å². The van der Waals surface area contributed by atoms with Crippen molar-refractivity contribution in [3.63, 3.8) is 0 Å². The Bertz CT molecular complexity index is 597. The topological polar surface area (TPSA) is 44.5 Å². The molecule has 3 aromatic rings. The van der Waals surface area contributed by atoms with E-state index in [1.165, 1.54) is 17.0 Å². The first-order valence-corrected chi connectivity index (χ1v) is 6.46. The van der Waals surface area contributed by atoms with E-state index in [1.807, 2.05) is 38.4 Å². The van der Waals surface area contributed by atoms with Gasteiger partial charge in [-0.1, -0.05) is 0 Å². The number of aromatic nitrogens is 3. The maximum Gasteiger partial charge on any atom is 0.0642 e. The van der Waals surface area contributed by atoms with Crippen LogP contribution in [0, 0.1) is 13.8 Å². The average Bonchev–Trinajstić information content (AvgIpc) is 3.01. The SMILES string of the molecule is Cc1cc(C(c2ccc[nH]2)c2ccc[nH]2)cc(C)n1. The summed E-state index contributed by atoms with van der Waals surface area (Å²) in [6.45, 7) is 4.08. The Morgan fingerprint density at radius 2 is 1.42 bits per heavy atom. The zero-order valence-corrected chi connectivity index (χ0v) is 11.1. The molecule has 0 bridgehead atoms. The van der Waals surface area contributed by atoms with Crippen molar-refractivity contribution in [1.29, 1.82) is 0 Å². The summed E-state index contributed by atoms with van der Waals surface area (Å²) in [5.41, 5.74) is 5.74. The minimum atomic E-state index is 0.199. The Morgan fingerprint density at radius 1 is 0.895 bits per heavy atom. The molecule has 0 atom stereocenters. The molecule has 19 heavy (non-hydrogen) atoms. The van der Waals surface area contributed by atoms with Crippen molar-refractivity contribution < 1.29 is 0 Å². The lowest BCUT2D eigenvalue weighted by molar-refractivity contribution is 0.886. The molecule has 3 rings (SSSR count). The number of rotatable bonds is 3. The molecular formula is C16H17N3. The van der Waals surface area contributed by atoms with Gasteiger partial charge in [-0.2, -0.15) is 0 Å². The maximum absolute atomic E-state index is 4.46. The molecule has 0 aliphatic heterocycles. The highest BCUT2D eigenvalue weighted by molar-refractivity contribution is 5.39. The van der Waals surface area contributed by atoms with Crippen LogP contribution in [0.4, 0.5) is 0 Å². The van der Waals surface area contributed by atoms with Crippen molar-refractivity contribution in [1.82, 2.24) is 15.0 Å². The van der Waals surface area contributed by atoms with Gasteiger partial charge in [-0.05, 0) is 55.8 Å². The molecule has 0 aromatic carbocycles. The molecule has 3 nitrogen and oxygen atoms in total. The summed E-state index contributed by atoms with van der Waals surface area (Å²) >= 11 is 0. The molecule has 0 aliphatic carbocycles. The fourth-order valence-electron chi connectivity index (χ4n) is 2.61. The van der Waals surface area contributed by atoms with Gasteiger partial charge in [-0.15, -0.1) is 0 Å². The van der Waals surface area contributed by atoms with Crippen molar-refractivity contribution in [2.75, 3.05) is 0 Å². The molecule has 0 spiro atoms. The molecule has 0 aliphatic rings. The minimum Gasteiger partial charge on any atom is -0.364 e. The van der Waals surface area contributed by atoms with E-state index in [0.717, 1.165) is 11.4 Å². The first-order chi connectivity index (χ1) is 9.24. The Morgan fingerprint density at radius 3 is 1.84 bits per heavy atom. The van der Waals surface area contributed by atoms with Crippen LogP contribution in [0.2, 0.25) is 0 Å². The lowest BCUT2D eigenvalue weighted by atomic mass is 9.92. The molecule has 0 amide bonds. The summed E-state index contributed by atoms with van der Waals surface area (Å²) in [5, 5.41) is 0. The zero-order chi connectivity index (χ0) is 13.2. The van der Waals surface area contributed by atoms with Crippen LogP contribution in [-0.4, -0.2) is 15.0 Å². The second kappa shape index (κ2) is 4.76. The Labute approximate surface area is 112 Å². The van der Waals surface area contributed by atoms with Gasteiger partial charge in [0.05, 0.1) is 5.92 Å². The van der Waals surface area contributed by atoms with Gasteiger partial charge < -0.3 is 9.97 Å². The standard InChI is InChI=1S/C16H17N3/c1-11-9-13(10-12(2)19-11)16(14-5-3-7-17-14)15-6-4-8-18-15/h3-10,16-18H,1-2H3. The number of pyridine rings is 1. The first kappa shape index (κ1) is 11.8. The van der Waals surface area contributed by atoms with Crippen LogP contribution in [0.15, 0.2) is 48.8 Å². The number of nitrogens with zero attached hydrogens (tertiary/aromatic N) is 1. The fourth-order valence-corrected chi connectivity index (χ4v) is 2.61. The fraction of sp³-hybridized carbons (Fsp3) is 0.188. The number of hydrogen-bond donors (Lipinski definition) is 2. The second-order valence-corrected chi connectivity index (χ2v) is 4.87. The van der Waals surface area contributed by atoms with Crippen LogP contribution in [-0.2, 0) is 0 Å². The normalized spacial score (nSPS) is 11.1. The summed E-state index contributed by atoms with van der Waals surface area (Å²) in [5.74, 6) is 0.199. The van der Waals surface area contributed by atoms with E-state index in [4.69, 9.17) is 0 Å². The van der Waals surface area contributed by atoms with E-state index in [1.54, 1.807) is 0 Å². The highest BCUT2D eigenvalue weighted by Gasteiger charge is 2.19. The molecule has 3 heterocycles. The van der Waals surface area contributed by atoms with Crippen LogP contribution >= 0.6 is 0 Å². The smallest absolute Gasteiger partial charge is 0.0642 e. The molecule has 96 valence electrons. The van der Waals surface area contributed by atoms with Gasteiger partial charge >= 0.3 is 0 Å².